The molecule has 0 radical (unpaired) electrons. The van der Waals surface area contributed by atoms with Gasteiger partial charge in [-0.1, -0.05) is 58.4 Å². The maximum atomic E-state index is 12.7. The van der Waals surface area contributed by atoms with E-state index in [1.54, 1.807) is 18.3 Å². The van der Waals surface area contributed by atoms with Gasteiger partial charge in [-0.05, 0) is 42.8 Å². The summed E-state index contributed by atoms with van der Waals surface area (Å²) in [6, 6.07) is 22.6. The van der Waals surface area contributed by atoms with Crippen molar-refractivity contribution in [2.45, 2.75) is 13.5 Å². The predicted octanol–water partition coefficient (Wildman–Crippen LogP) is 5.19. The molecule has 0 fully saturated rings. The highest BCUT2D eigenvalue weighted by molar-refractivity contribution is 9.10. The third-order valence-corrected chi connectivity index (χ3v) is 4.51. The van der Waals surface area contributed by atoms with Gasteiger partial charge >= 0.3 is 0 Å². The van der Waals surface area contributed by atoms with Crippen LogP contribution in [0.5, 0.6) is 11.5 Å². The van der Waals surface area contributed by atoms with Crippen molar-refractivity contribution < 1.29 is 14.3 Å². The van der Waals surface area contributed by atoms with Gasteiger partial charge < -0.3 is 9.47 Å². The Hall–Kier alpha value is -3.12. The fourth-order valence-electron chi connectivity index (χ4n) is 2.64. The first-order chi connectivity index (χ1) is 14.2. The van der Waals surface area contributed by atoms with Crippen LogP contribution in [-0.2, 0) is 6.61 Å². The van der Waals surface area contributed by atoms with Crippen molar-refractivity contribution >= 4 is 28.1 Å². The summed E-state index contributed by atoms with van der Waals surface area (Å²) in [7, 11) is 0. The van der Waals surface area contributed by atoms with Gasteiger partial charge in [0.2, 0.25) is 0 Å². The molecule has 0 bridgehead atoms. The van der Waals surface area contributed by atoms with Gasteiger partial charge in [-0.25, -0.2) is 5.43 Å². The molecule has 0 saturated heterocycles. The van der Waals surface area contributed by atoms with Gasteiger partial charge in [-0.15, -0.1) is 0 Å². The second-order valence-corrected chi connectivity index (χ2v) is 7.00. The SMILES string of the molecule is CCOc1ccccc1/C=N\NC(=O)c1cc(Br)ccc1OCc1ccccc1. The number of hydrogen-bond donors (Lipinski definition) is 1. The van der Waals surface area contributed by atoms with Crippen LogP contribution in [0.1, 0.15) is 28.4 Å². The summed E-state index contributed by atoms with van der Waals surface area (Å²) in [6.07, 6.45) is 1.56. The molecule has 1 amide bonds. The van der Waals surface area contributed by atoms with Crippen LogP contribution in [0.3, 0.4) is 0 Å². The molecular formula is C23H21BrN2O3. The van der Waals surface area contributed by atoms with Crippen LogP contribution in [-0.4, -0.2) is 18.7 Å². The monoisotopic (exact) mass is 452 g/mol. The number of benzene rings is 3. The Morgan fingerprint density at radius 3 is 2.55 bits per heavy atom. The van der Waals surface area contributed by atoms with Crippen molar-refractivity contribution in [3.63, 3.8) is 0 Å². The number of halogens is 1. The van der Waals surface area contributed by atoms with E-state index < -0.39 is 0 Å². The molecular weight excluding hydrogens is 432 g/mol. The minimum Gasteiger partial charge on any atom is -0.493 e. The molecule has 0 aliphatic carbocycles. The lowest BCUT2D eigenvalue weighted by Gasteiger charge is -2.11. The minimum absolute atomic E-state index is 0.362. The summed E-state index contributed by atoms with van der Waals surface area (Å²) in [6.45, 7) is 2.84. The van der Waals surface area contributed by atoms with Gasteiger partial charge in [-0.3, -0.25) is 4.79 Å². The Morgan fingerprint density at radius 2 is 1.76 bits per heavy atom. The molecule has 0 aliphatic heterocycles. The number of ether oxygens (including phenoxy) is 2. The van der Waals surface area contributed by atoms with Gasteiger partial charge in [0.25, 0.3) is 5.91 Å². The van der Waals surface area contributed by atoms with Gasteiger partial charge in [0.05, 0.1) is 18.4 Å². The van der Waals surface area contributed by atoms with Crippen molar-refractivity contribution in [1.29, 1.82) is 0 Å². The smallest absolute Gasteiger partial charge is 0.275 e. The summed E-state index contributed by atoms with van der Waals surface area (Å²) in [5.41, 5.74) is 4.75. The first-order valence-corrected chi connectivity index (χ1v) is 9.98. The molecule has 148 valence electrons. The molecule has 3 aromatic carbocycles. The van der Waals surface area contributed by atoms with E-state index in [4.69, 9.17) is 9.47 Å². The average Bonchev–Trinajstić information content (AvgIpc) is 2.75. The fourth-order valence-corrected chi connectivity index (χ4v) is 3.00. The first kappa shape index (κ1) is 20.6. The van der Waals surface area contributed by atoms with E-state index >= 15 is 0 Å². The number of carbonyl (C=O) groups is 1. The summed E-state index contributed by atoms with van der Waals surface area (Å²) >= 11 is 3.40. The van der Waals surface area contributed by atoms with Crippen LogP contribution in [0.2, 0.25) is 0 Å². The largest absolute Gasteiger partial charge is 0.493 e. The molecule has 0 aromatic heterocycles. The molecule has 3 aromatic rings. The van der Waals surface area contributed by atoms with Crippen molar-refractivity contribution in [2.24, 2.45) is 5.10 Å². The highest BCUT2D eigenvalue weighted by atomic mass is 79.9. The Kier molecular flexibility index (Phi) is 7.41. The summed E-state index contributed by atoms with van der Waals surface area (Å²) in [5.74, 6) is 0.835. The van der Waals surface area contributed by atoms with Crippen molar-refractivity contribution in [2.75, 3.05) is 6.61 Å². The molecule has 1 N–H and O–H groups in total. The highest BCUT2D eigenvalue weighted by Crippen LogP contribution is 2.24. The molecule has 0 spiro atoms. The molecule has 0 unspecified atom stereocenters. The minimum atomic E-state index is -0.362. The molecule has 6 heteroatoms. The van der Waals surface area contributed by atoms with E-state index in [0.717, 1.165) is 15.6 Å². The van der Waals surface area contributed by atoms with Crippen LogP contribution < -0.4 is 14.9 Å². The Bertz CT molecular complexity index is 990. The molecule has 3 rings (SSSR count). The maximum Gasteiger partial charge on any atom is 0.275 e. The lowest BCUT2D eigenvalue weighted by molar-refractivity contribution is 0.0950. The lowest BCUT2D eigenvalue weighted by atomic mass is 10.2. The summed E-state index contributed by atoms with van der Waals surface area (Å²) in [4.78, 5) is 12.7. The molecule has 29 heavy (non-hydrogen) atoms. The molecule has 0 saturated carbocycles. The number of para-hydroxylation sites is 1. The first-order valence-electron chi connectivity index (χ1n) is 9.19. The van der Waals surface area contributed by atoms with Crippen LogP contribution in [0.15, 0.2) is 82.4 Å². The number of amides is 1. The zero-order valence-corrected chi connectivity index (χ0v) is 17.6. The third kappa shape index (κ3) is 5.93. The standard InChI is InChI=1S/C23H21BrN2O3/c1-2-28-21-11-7-6-10-18(21)15-25-26-23(27)20-14-19(24)12-13-22(20)29-16-17-8-4-3-5-9-17/h3-15H,2,16H2,1H3,(H,26,27)/b25-15-. The number of nitrogens with zero attached hydrogens (tertiary/aromatic N) is 1. The summed E-state index contributed by atoms with van der Waals surface area (Å²) < 4.78 is 12.2. The quantitative estimate of drug-likeness (QED) is 0.377. The Balaban J connectivity index is 1.71. The third-order valence-electron chi connectivity index (χ3n) is 4.01. The maximum absolute atomic E-state index is 12.7. The topological polar surface area (TPSA) is 59.9 Å². The van der Waals surface area contributed by atoms with Gasteiger partial charge in [0.1, 0.15) is 18.1 Å². The molecule has 0 aliphatic rings. The predicted molar refractivity (Wildman–Crippen MR) is 118 cm³/mol. The summed E-state index contributed by atoms with van der Waals surface area (Å²) in [5, 5.41) is 4.07. The van der Waals surface area contributed by atoms with E-state index in [-0.39, 0.29) is 5.91 Å². The normalized spacial score (nSPS) is 10.7. The van der Waals surface area contributed by atoms with Crippen molar-refractivity contribution in [3.8, 4) is 11.5 Å². The van der Waals surface area contributed by atoms with E-state index in [9.17, 15) is 4.79 Å². The second kappa shape index (κ2) is 10.4. The van der Waals surface area contributed by atoms with Gasteiger partial charge in [0, 0.05) is 10.0 Å². The highest BCUT2D eigenvalue weighted by Gasteiger charge is 2.13. The lowest BCUT2D eigenvalue weighted by Crippen LogP contribution is -2.19. The van der Waals surface area contributed by atoms with Crippen LogP contribution in [0, 0.1) is 0 Å². The fraction of sp³-hybridized carbons (Fsp3) is 0.130. The van der Waals surface area contributed by atoms with E-state index in [0.29, 0.717) is 30.3 Å². The number of rotatable bonds is 8. The van der Waals surface area contributed by atoms with Gasteiger partial charge in [-0.2, -0.15) is 5.10 Å². The van der Waals surface area contributed by atoms with Crippen LogP contribution >= 0.6 is 15.9 Å². The second-order valence-electron chi connectivity index (χ2n) is 6.08. The zero-order valence-electron chi connectivity index (χ0n) is 16.0. The number of nitrogens with one attached hydrogen (secondary N) is 1. The van der Waals surface area contributed by atoms with Crippen molar-refractivity contribution in [3.05, 3.63) is 94.0 Å². The molecule has 0 atom stereocenters. The number of carbonyl (C=O) groups excluding carboxylic acids is 1. The zero-order chi connectivity index (χ0) is 20.5. The molecule has 5 nitrogen and oxygen atoms in total. The van der Waals surface area contributed by atoms with E-state index in [2.05, 4.69) is 26.5 Å². The average molecular weight is 453 g/mol. The van der Waals surface area contributed by atoms with E-state index in [1.807, 2.05) is 67.6 Å². The number of hydrazone groups is 1. The van der Waals surface area contributed by atoms with E-state index in [1.165, 1.54) is 0 Å². The Labute approximate surface area is 178 Å². The molecule has 0 heterocycles. The van der Waals surface area contributed by atoms with Crippen LogP contribution in [0.4, 0.5) is 0 Å². The van der Waals surface area contributed by atoms with Crippen molar-refractivity contribution in [1.82, 2.24) is 5.43 Å². The van der Waals surface area contributed by atoms with Gasteiger partial charge in [0.15, 0.2) is 0 Å². The Morgan fingerprint density at radius 1 is 1.00 bits per heavy atom. The number of hydrogen-bond acceptors (Lipinski definition) is 4. The van der Waals surface area contributed by atoms with Crippen LogP contribution in [0.25, 0.3) is 0 Å².